The van der Waals surface area contributed by atoms with E-state index in [-0.39, 0.29) is 17.9 Å². The maximum atomic E-state index is 12.4. The SMILES string of the molecule is CN(C)C(=O)N1CCCC(C(=O)OCCN2CCN(Cc3ccsc3)CC2)C1. The number of piperazine rings is 1. The molecule has 2 aliphatic rings. The number of esters is 1. The Kier molecular flexibility index (Phi) is 7.70. The number of nitrogens with zero attached hydrogens (tertiary/aromatic N) is 4. The van der Waals surface area contributed by atoms with Gasteiger partial charge in [0, 0.05) is 66.5 Å². The van der Waals surface area contributed by atoms with Gasteiger partial charge in [0.15, 0.2) is 0 Å². The molecule has 1 atom stereocenters. The highest BCUT2D eigenvalue weighted by molar-refractivity contribution is 7.07. The number of thiophene rings is 1. The lowest BCUT2D eigenvalue weighted by Gasteiger charge is -2.35. The third-order valence-electron chi connectivity index (χ3n) is 5.51. The van der Waals surface area contributed by atoms with Gasteiger partial charge in [0.1, 0.15) is 6.61 Å². The molecule has 156 valence electrons. The number of ether oxygens (including phenoxy) is 1. The molecule has 3 heterocycles. The van der Waals surface area contributed by atoms with Crippen molar-refractivity contribution in [2.45, 2.75) is 19.4 Å². The van der Waals surface area contributed by atoms with E-state index in [2.05, 4.69) is 26.6 Å². The third kappa shape index (κ3) is 5.93. The summed E-state index contributed by atoms with van der Waals surface area (Å²) in [6.07, 6.45) is 1.66. The highest BCUT2D eigenvalue weighted by Gasteiger charge is 2.30. The summed E-state index contributed by atoms with van der Waals surface area (Å²) in [6, 6.07) is 2.16. The Hall–Kier alpha value is -1.64. The van der Waals surface area contributed by atoms with Crippen LogP contribution in [0.3, 0.4) is 0 Å². The first-order chi connectivity index (χ1) is 13.5. The molecule has 1 aromatic rings. The second-order valence-electron chi connectivity index (χ2n) is 7.88. The topological polar surface area (TPSA) is 56.3 Å². The average molecular weight is 409 g/mol. The maximum absolute atomic E-state index is 12.4. The number of carbonyl (C=O) groups is 2. The minimum atomic E-state index is -0.194. The molecule has 2 aliphatic heterocycles. The van der Waals surface area contributed by atoms with Gasteiger partial charge in [-0.2, -0.15) is 11.3 Å². The van der Waals surface area contributed by atoms with Crippen LogP contribution < -0.4 is 0 Å². The van der Waals surface area contributed by atoms with E-state index >= 15 is 0 Å². The minimum absolute atomic E-state index is 0.0298. The van der Waals surface area contributed by atoms with Crippen LogP contribution in [0.1, 0.15) is 18.4 Å². The Morgan fingerprint density at radius 3 is 2.61 bits per heavy atom. The monoisotopic (exact) mass is 408 g/mol. The van der Waals surface area contributed by atoms with Crippen molar-refractivity contribution in [1.29, 1.82) is 0 Å². The van der Waals surface area contributed by atoms with Crippen molar-refractivity contribution in [3.8, 4) is 0 Å². The van der Waals surface area contributed by atoms with Crippen LogP contribution in [0.25, 0.3) is 0 Å². The zero-order valence-corrected chi connectivity index (χ0v) is 17.8. The Labute approximate surface area is 171 Å². The van der Waals surface area contributed by atoms with Crippen molar-refractivity contribution in [2.75, 3.05) is 66.5 Å². The van der Waals surface area contributed by atoms with Crippen LogP contribution in [0.4, 0.5) is 4.79 Å². The van der Waals surface area contributed by atoms with Gasteiger partial charge in [-0.3, -0.25) is 14.6 Å². The lowest BCUT2D eigenvalue weighted by molar-refractivity contribution is -0.150. The Morgan fingerprint density at radius 2 is 1.93 bits per heavy atom. The molecule has 0 radical (unpaired) electrons. The Bertz CT molecular complexity index is 629. The van der Waals surface area contributed by atoms with Gasteiger partial charge < -0.3 is 14.5 Å². The predicted octanol–water partition coefficient (Wildman–Crippen LogP) is 1.80. The fourth-order valence-electron chi connectivity index (χ4n) is 3.83. The Balaban J connectivity index is 1.33. The molecule has 0 bridgehead atoms. The Morgan fingerprint density at radius 1 is 1.18 bits per heavy atom. The number of hydrogen-bond donors (Lipinski definition) is 0. The summed E-state index contributed by atoms with van der Waals surface area (Å²) >= 11 is 1.75. The molecule has 7 nitrogen and oxygen atoms in total. The number of carbonyl (C=O) groups excluding carboxylic acids is 2. The molecular weight excluding hydrogens is 376 g/mol. The highest BCUT2D eigenvalue weighted by atomic mass is 32.1. The number of hydrogen-bond acceptors (Lipinski definition) is 6. The molecule has 2 fully saturated rings. The van der Waals surface area contributed by atoms with Gasteiger partial charge in [-0.15, -0.1) is 0 Å². The fourth-order valence-corrected chi connectivity index (χ4v) is 4.49. The highest BCUT2D eigenvalue weighted by Crippen LogP contribution is 2.19. The van der Waals surface area contributed by atoms with Crippen LogP contribution >= 0.6 is 11.3 Å². The van der Waals surface area contributed by atoms with Gasteiger partial charge in [0.2, 0.25) is 0 Å². The van der Waals surface area contributed by atoms with Crippen molar-refractivity contribution < 1.29 is 14.3 Å². The van der Waals surface area contributed by atoms with Crippen molar-refractivity contribution in [2.24, 2.45) is 5.92 Å². The van der Waals surface area contributed by atoms with Gasteiger partial charge in [-0.1, -0.05) is 0 Å². The molecule has 0 N–H and O–H groups in total. The van der Waals surface area contributed by atoms with E-state index in [1.807, 2.05) is 0 Å². The zero-order valence-electron chi connectivity index (χ0n) is 17.0. The minimum Gasteiger partial charge on any atom is -0.464 e. The molecule has 2 amide bonds. The van der Waals surface area contributed by atoms with Gasteiger partial charge in [-0.25, -0.2) is 4.79 Å². The van der Waals surface area contributed by atoms with Crippen LogP contribution in [-0.2, 0) is 16.1 Å². The lowest BCUT2D eigenvalue weighted by Crippen LogP contribution is -2.48. The van der Waals surface area contributed by atoms with E-state index in [4.69, 9.17) is 4.74 Å². The number of piperidine rings is 1. The number of rotatable bonds is 6. The van der Waals surface area contributed by atoms with Gasteiger partial charge in [0.25, 0.3) is 0 Å². The molecule has 1 unspecified atom stereocenters. The van der Waals surface area contributed by atoms with E-state index in [0.717, 1.165) is 58.7 Å². The summed E-state index contributed by atoms with van der Waals surface area (Å²) in [5.74, 6) is -0.354. The summed E-state index contributed by atoms with van der Waals surface area (Å²) in [6.45, 7) is 7.55. The number of amides is 2. The molecule has 1 aromatic heterocycles. The fraction of sp³-hybridized carbons (Fsp3) is 0.700. The van der Waals surface area contributed by atoms with E-state index < -0.39 is 0 Å². The number of likely N-dealkylation sites (tertiary alicyclic amines) is 1. The standard InChI is InChI=1S/C20H32N4O3S/c1-21(2)20(26)24-6-3-4-18(15-24)19(25)27-12-11-22-7-9-23(10-8-22)14-17-5-13-28-16-17/h5,13,16,18H,3-4,6-12,14-15H2,1-2H3. The largest absolute Gasteiger partial charge is 0.464 e. The zero-order chi connectivity index (χ0) is 19.9. The molecule has 28 heavy (non-hydrogen) atoms. The van der Waals surface area contributed by atoms with E-state index in [1.54, 1.807) is 35.2 Å². The van der Waals surface area contributed by atoms with Crippen LogP contribution in [-0.4, -0.2) is 98.1 Å². The normalized spacial score (nSPS) is 21.5. The molecular formula is C20H32N4O3S. The first-order valence-electron chi connectivity index (χ1n) is 10.1. The molecule has 2 saturated heterocycles. The summed E-state index contributed by atoms with van der Waals surface area (Å²) in [5, 5.41) is 4.34. The first-order valence-corrected chi connectivity index (χ1v) is 11.1. The summed E-state index contributed by atoms with van der Waals surface area (Å²) < 4.78 is 5.54. The van der Waals surface area contributed by atoms with Gasteiger partial charge >= 0.3 is 12.0 Å². The second kappa shape index (κ2) is 10.2. The lowest BCUT2D eigenvalue weighted by atomic mass is 9.98. The van der Waals surface area contributed by atoms with E-state index in [1.165, 1.54) is 5.56 Å². The van der Waals surface area contributed by atoms with Gasteiger partial charge in [-0.05, 0) is 35.2 Å². The number of urea groups is 1. The molecule has 3 rings (SSSR count). The van der Waals surface area contributed by atoms with Crippen LogP contribution in [0.5, 0.6) is 0 Å². The molecule has 0 spiro atoms. The first kappa shape index (κ1) is 21.1. The third-order valence-corrected chi connectivity index (χ3v) is 6.24. The molecule has 8 heteroatoms. The van der Waals surface area contributed by atoms with Gasteiger partial charge in [0.05, 0.1) is 5.92 Å². The predicted molar refractivity (Wildman–Crippen MR) is 110 cm³/mol. The second-order valence-corrected chi connectivity index (χ2v) is 8.66. The summed E-state index contributed by atoms with van der Waals surface area (Å²) in [5.41, 5.74) is 1.39. The molecule has 0 aliphatic carbocycles. The van der Waals surface area contributed by atoms with Crippen molar-refractivity contribution in [1.82, 2.24) is 19.6 Å². The van der Waals surface area contributed by atoms with Crippen molar-refractivity contribution >= 4 is 23.3 Å². The van der Waals surface area contributed by atoms with Crippen molar-refractivity contribution in [3.05, 3.63) is 22.4 Å². The van der Waals surface area contributed by atoms with Crippen LogP contribution in [0, 0.1) is 5.92 Å². The van der Waals surface area contributed by atoms with E-state index in [0.29, 0.717) is 13.2 Å². The molecule has 0 saturated carbocycles. The maximum Gasteiger partial charge on any atom is 0.319 e. The quantitative estimate of drug-likeness (QED) is 0.672. The smallest absolute Gasteiger partial charge is 0.319 e. The summed E-state index contributed by atoms with van der Waals surface area (Å²) in [7, 11) is 3.48. The molecule has 0 aromatic carbocycles. The van der Waals surface area contributed by atoms with Crippen molar-refractivity contribution in [3.63, 3.8) is 0 Å². The summed E-state index contributed by atoms with van der Waals surface area (Å²) in [4.78, 5) is 32.7. The van der Waals surface area contributed by atoms with Crippen LogP contribution in [0.2, 0.25) is 0 Å². The van der Waals surface area contributed by atoms with Crippen LogP contribution in [0.15, 0.2) is 16.8 Å². The average Bonchev–Trinajstić information content (AvgIpc) is 3.21. The van der Waals surface area contributed by atoms with E-state index in [9.17, 15) is 9.59 Å².